The summed E-state index contributed by atoms with van der Waals surface area (Å²) in [5.41, 5.74) is 5.53. The fourth-order valence-electron chi connectivity index (χ4n) is 4.35. The first-order valence-electron chi connectivity index (χ1n) is 12.9. The molecular weight excluding hydrogens is 628 g/mol. The number of rotatable bonds is 8. The van der Waals surface area contributed by atoms with E-state index in [1.54, 1.807) is 18.2 Å². The van der Waals surface area contributed by atoms with Gasteiger partial charge in [0.05, 0.1) is 17.2 Å². The first-order chi connectivity index (χ1) is 20.9. The van der Waals surface area contributed by atoms with Gasteiger partial charge in [0.25, 0.3) is 0 Å². The zero-order chi connectivity index (χ0) is 33.3. The molecule has 0 amide bonds. The number of aliphatic imine (C=N–C) groups is 1. The van der Waals surface area contributed by atoms with Crippen LogP contribution < -0.4 is 10.5 Å². The number of aliphatic hydroxyl groups excluding tert-OH is 1. The Morgan fingerprint density at radius 3 is 2.18 bits per heavy atom. The molecule has 0 aliphatic rings. The number of benzene rings is 3. The summed E-state index contributed by atoms with van der Waals surface area (Å²) in [6.45, 7) is 2.29. The van der Waals surface area contributed by atoms with E-state index in [0.717, 1.165) is 18.4 Å². The Labute approximate surface area is 253 Å². The Hall–Kier alpha value is -4.63. The fourth-order valence-corrected chi connectivity index (χ4v) is 5.30. The summed E-state index contributed by atoms with van der Waals surface area (Å²) in [4.78, 5) is 8.57. The number of halogens is 6. The second kappa shape index (κ2) is 12.4. The van der Waals surface area contributed by atoms with Crippen molar-refractivity contribution in [1.82, 2.24) is 4.98 Å². The van der Waals surface area contributed by atoms with Gasteiger partial charge in [-0.25, -0.2) is 13.4 Å². The highest BCUT2D eigenvalue weighted by Gasteiger charge is 2.32. The molecular formula is C30H25F6N3O5S. The number of aliphatic hydroxyl groups is 1. The number of nitrogens with zero attached hydrogens (tertiary/aromatic N) is 2. The van der Waals surface area contributed by atoms with Crippen molar-refractivity contribution in [2.45, 2.75) is 37.9 Å². The number of ether oxygens (including phenoxy) is 1. The van der Waals surface area contributed by atoms with Gasteiger partial charge >= 0.3 is 12.5 Å². The maximum atomic E-state index is 13.1. The molecule has 0 radical (unpaired) electrons. The molecule has 3 N–H and O–H groups in total. The molecule has 8 nitrogen and oxygen atoms in total. The molecule has 4 aromatic rings. The standard InChI is InChI=1S/C30H25F6N3O5S/c1-16(12-26(37)29(31,32)33)38-24-11-8-19(20-4-5-21(15-40)25(14-20)45(3,41)42)13-23(24)28-27(39-17(2)43-28)18-6-9-22(10-7-18)44-30(34,35)36/h4-14,40H,15,37H2,1-3H3. The van der Waals surface area contributed by atoms with Crippen LogP contribution in [0.4, 0.5) is 32.0 Å². The maximum absolute atomic E-state index is 13.1. The van der Waals surface area contributed by atoms with E-state index in [-0.39, 0.29) is 44.8 Å². The second-order valence-corrected chi connectivity index (χ2v) is 11.8. The Morgan fingerprint density at radius 1 is 1.00 bits per heavy atom. The van der Waals surface area contributed by atoms with Crippen molar-refractivity contribution in [3.8, 4) is 39.5 Å². The van der Waals surface area contributed by atoms with E-state index in [0.29, 0.717) is 22.8 Å². The molecule has 15 heteroatoms. The number of hydrogen-bond donors (Lipinski definition) is 2. The van der Waals surface area contributed by atoms with Crippen molar-refractivity contribution in [2.75, 3.05) is 6.26 Å². The van der Waals surface area contributed by atoms with Crippen LogP contribution in [0.3, 0.4) is 0 Å². The van der Waals surface area contributed by atoms with Crippen LogP contribution in [0, 0.1) is 6.92 Å². The summed E-state index contributed by atoms with van der Waals surface area (Å²) < 4.78 is 112. The fraction of sp³-hybridized carbons (Fsp3) is 0.200. The van der Waals surface area contributed by atoms with Crippen molar-refractivity contribution in [3.05, 3.63) is 83.9 Å². The number of nitrogens with two attached hydrogens (primary N) is 1. The lowest BCUT2D eigenvalue weighted by atomic mass is 9.97. The molecule has 0 atom stereocenters. The van der Waals surface area contributed by atoms with Crippen molar-refractivity contribution >= 4 is 21.2 Å². The van der Waals surface area contributed by atoms with Gasteiger partial charge in [0.2, 0.25) is 0 Å². The van der Waals surface area contributed by atoms with Crippen LogP contribution in [0.5, 0.6) is 5.75 Å². The van der Waals surface area contributed by atoms with E-state index in [2.05, 4.69) is 14.7 Å². The summed E-state index contributed by atoms with van der Waals surface area (Å²) in [6.07, 6.45) is -8.06. The number of alkyl halides is 6. The van der Waals surface area contributed by atoms with E-state index >= 15 is 0 Å². The van der Waals surface area contributed by atoms with E-state index in [4.69, 9.17) is 10.2 Å². The zero-order valence-corrected chi connectivity index (χ0v) is 24.6. The molecule has 0 aliphatic carbocycles. The molecule has 0 saturated carbocycles. The van der Waals surface area contributed by atoms with Crippen LogP contribution >= 0.6 is 0 Å². The highest BCUT2D eigenvalue weighted by molar-refractivity contribution is 7.90. The van der Waals surface area contributed by atoms with Gasteiger partial charge in [-0.15, -0.1) is 13.2 Å². The van der Waals surface area contributed by atoms with Crippen LogP contribution in [0.25, 0.3) is 33.7 Å². The van der Waals surface area contributed by atoms with Gasteiger partial charge in [0.1, 0.15) is 17.1 Å². The Kier molecular flexibility index (Phi) is 9.17. The summed E-state index contributed by atoms with van der Waals surface area (Å²) in [6, 6.07) is 13.8. The molecule has 0 spiro atoms. The summed E-state index contributed by atoms with van der Waals surface area (Å²) >= 11 is 0. The zero-order valence-electron chi connectivity index (χ0n) is 23.8. The number of aromatic nitrogens is 1. The lowest BCUT2D eigenvalue weighted by molar-refractivity contribution is -0.274. The molecule has 0 fully saturated rings. The minimum atomic E-state index is -4.90. The lowest BCUT2D eigenvalue weighted by Crippen LogP contribution is -2.20. The van der Waals surface area contributed by atoms with Gasteiger partial charge in [-0.05, 0) is 72.2 Å². The molecule has 0 aliphatic heterocycles. The van der Waals surface area contributed by atoms with Crippen LogP contribution in [0.2, 0.25) is 0 Å². The lowest BCUT2D eigenvalue weighted by Gasteiger charge is -2.13. The third kappa shape index (κ3) is 8.10. The van der Waals surface area contributed by atoms with Crippen LogP contribution in [0.15, 0.2) is 86.7 Å². The highest BCUT2D eigenvalue weighted by Crippen LogP contribution is 2.41. The molecule has 45 heavy (non-hydrogen) atoms. The molecule has 1 heterocycles. The van der Waals surface area contributed by atoms with E-state index < -0.39 is 40.4 Å². The van der Waals surface area contributed by atoms with Gasteiger partial charge in [0, 0.05) is 30.0 Å². The third-order valence-electron chi connectivity index (χ3n) is 6.30. The van der Waals surface area contributed by atoms with Gasteiger partial charge in [-0.1, -0.05) is 18.2 Å². The first kappa shape index (κ1) is 33.3. The maximum Gasteiger partial charge on any atom is 0.573 e. The molecule has 0 saturated heterocycles. The predicted molar refractivity (Wildman–Crippen MR) is 154 cm³/mol. The number of aryl methyl sites for hydroxylation is 1. The van der Waals surface area contributed by atoms with Gasteiger partial charge in [-0.3, -0.25) is 4.99 Å². The summed E-state index contributed by atoms with van der Waals surface area (Å²) in [5, 5.41) is 9.64. The normalized spacial score (nSPS) is 13.3. The third-order valence-corrected chi connectivity index (χ3v) is 7.47. The topological polar surface area (TPSA) is 128 Å². The minimum Gasteiger partial charge on any atom is -0.440 e. The Morgan fingerprint density at radius 2 is 1.60 bits per heavy atom. The average Bonchev–Trinajstić information content (AvgIpc) is 3.32. The van der Waals surface area contributed by atoms with E-state index in [1.807, 2.05) is 0 Å². The van der Waals surface area contributed by atoms with Crippen molar-refractivity contribution in [3.63, 3.8) is 0 Å². The molecule has 0 unspecified atom stereocenters. The second-order valence-electron chi connectivity index (χ2n) is 9.82. The van der Waals surface area contributed by atoms with E-state index in [9.17, 15) is 39.9 Å². The van der Waals surface area contributed by atoms with E-state index in [1.165, 1.54) is 44.2 Å². The first-order valence-corrected chi connectivity index (χ1v) is 14.8. The number of oxazole rings is 1. The summed E-state index contributed by atoms with van der Waals surface area (Å²) in [7, 11) is -3.74. The molecule has 238 valence electrons. The number of allylic oxidation sites excluding steroid dienone is 2. The number of sulfone groups is 1. The largest absolute Gasteiger partial charge is 0.573 e. The van der Waals surface area contributed by atoms with Gasteiger partial charge in [0.15, 0.2) is 21.5 Å². The summed E-state index contributed by atoms with van der Waals surface area (Å²) in [5.74, 6) is -0.244. The average molecular weight is 654 g/mol. The van der Waals surface area contributed by atoms with Crippen LogP contribution in [0.1, 0.15) is 18.4 Å². The van der Waals surface area contributed by atoms with Crippen molar-refractivity contribution < 1.29 is 49.0 Å². The molecule has 1 aromatic heterocycles. The smallest absolute Gasteiger partial charge is 0.440 e. The van der Waals surface area contributed by atoms with Crippen molar-refractivity contribution in [1.29, 1.82) is 0 Å². The van der Waals surface area contributed by atoms with Crippen LogP contribution in [-0.4, -0.2) is 43.0 Å². The minimum absolute atomic E-state index is 0.0773. The molecule has 4 rings (SSSR count). The monoisotopic (exact) mass is 653 g/mol. The highest BCUT2D eigenvalue weighted by atomic mass is 32.2. The molecule has 0 bridgehead atoms. The Bertz CT molecular complexity index is 1890. The SMILES string of the molecule is CC(C=C(N)C(F)(F)F)=Nc1ccc(-c2ccc(CO)c(S(C)(=O)=O)c2)cc1-c1oc(C)nc1-c1ccc(OC(F)(F)F)cc1. The van der Waals surface area contributed by atoms with Crippen molar-refractivity contribution in [2.24, 2.45) is 10.7 Å². The Balaban J connectivity index is 1.93. The van der Waals surface area contributed by atoms with Crippen LogP contribution in [-0.2, 0) is 16.4 Å². The quantitative estimate of drug-likeness (QED) is 0.151. The predicted octanol–water partition coefficient (Wildman–Crippen LogP) is 7.28. The van der Waals surface area contributed by atoms with Gasteiger partial charge < -0.3 is 20.0 Å². The number of hydrogen-bond acceptors (Lipinski definition) is 8. The molecule has 3 aromatic carbocycles. The van der Waals surface area contributed by atoms with Gasteiger partial charge in [-0.2, -0.15) is 13.2 Å².